The number of carbonyl (C=O) groups is 2. The fraction of sp³-hybridized carbons (Fsp3) is 0.389. The van der Waals surface area contributed by atoms with E-state index >= 15 is 0 Å². The molecule has 1 atom stereocenters. The molecule has 132 valence electrons. The third-order valence-corrected chi connectivity index (χ3v) is 4.35. The van der Waals surface area contributed by atoms with Crippen LogP contribution < -0.4 is 15.0 Å². The normalized spacial score (nSPS) is 17.2. The largest absolute Gasteiger partial charge is 0.497 e. The number of hydrogen-bond acceptors (Lipinski definition) is 4. The molecular formula is C18H22N4O3. The molecule has 2 amide bonds. The van der Waals surface area contributed by atoms with Crippen LogP contribution in [0.15, 0.2) is 30.3 Å². The fourth-order valence-electron chi connectivity index (χ4n) is 2.82. The van der Waals surface area contributed by atoms with Gasteiger partial charge in [-0.05, 0) is 30.2 Å². The molecule has 1 aliphatic rings. The van der Waals surface area contributed by atoms with E-state index in [4.69, 9.17) is 4.74 Å². The Bertz CT molecular complexity index is 767. The van der Waals surface area contributed by atoms with Gasteiger partial charge in [-0.25, -0.2) is 0 Å². The van der Waals surface area contributed by atoms with E-state index in [2.05, 4.69) is 15.5 Å². The van der Waals surface area contributed by atoms with E-state index in [1.54, 1.807) is 24.1 Å². The first-order valence-electron chi connectivity index (χ1n) is 8.28. The van der Waals surface area contributed by atoms with Gasteiger partial charge in [0.05, 0.1) is 13.0 Å². The average molecular weight is 342 g/mol. The second-order valence-electron chi connectivity index (χ2n) is 6.46. The van der Waals surface area contributed by atoms with E-state index in [9.17, 15) is 9.59 Å². The highest BCUT2D eigenvalue weighted by molar-refractivity contribution is 6.03. The van der Waals surface area contributed by atoms with Gasteiger partial charge in [0, 0.05) is 30.4 Å². The molecule has 2 heterocycles. The summed E-state index contributed by atoms with van der Waals surface area (Å²) in [7, 11) is 1.59. The van der Waals surface area contributed by atoms with Crippen molar-refractivity contribution in [1.82, 2.24) is 10.2 Å². The molecule has 0 spiro atoms. The molecule has 0 saturated carbocycles. The maximum absolute atomic E-state index is 12.5. The smallest absolute Gasteiger partial charge is 0.231 e. The zero-order chi connectivity index (χ0) is 18.0. The molecule has 3 rings (SSSR count). The lowest BCUT2D eigenvalue weighted by Gasteiger charge is -2.16. The van der Waals surface area contributed by atoms with Crippen molar-refractivity contribution >= 4 is 23.3 Å². The Morgan fingerprint density at radius 3 is 2.68 bits per heavy atom. The van der Waals surface area contributed by atoms with Gasteiger partial charge in [0.1, 0.15) is 5.75 Å². The molecule has 1 fully saturated rings. The lowest BCUT2D eigenvalue weighted by atomic mass is 10.1. The Balaban J connectivity index is 1.65. The van der Waals surface area contributed by atoms with Gasteiger partial charge >= 0.3 is 0 Å². The number of methoxy groups -OCH3 is 1. The van der Waals surface area contributed by atoms with Crippen molar-refractivity contribution in [1.29, 1.82) is 0 Å². The van der Waals surface area contributed by atoms with E-state index in [1.807, 2.05) is 32.0 Å². The molecule has 7 heteroatoms. The quantitative estimate of drug-likeness (QED) is 0.874. The Kier molecular flexibility index (Phi) is 4.74. The summed E-state index contributed by atoms with van der Waals surface area (Å²) in [6.45, 7) is 4.45. The van der Waals surface area contributed by atoms with Crippen molar-refractivity contribution in [2.24, 2.45) is 5.92 Å². The minimum Gasteiger partial charge on any atom is -0.497 e. The van der Waals surface area contributed by atoms with Crippen LogP contribution in [0, 0.1) is 5.92 Å². The predicted octanol–water partition coefficient (Wildman–Crippen LogP) is 2.53. The molecule has 0 aliphatic carbocycles. The maximum atomic E-state index is 12.5. The van der Waals surface area contributed by atoms with Crippen LogP contribution in [0.5, 0.6) is 5.75 Å². The van der Waals surface area contributed by atoms with Gasteiger partial charge in [-0.15, -0.1) is 0 Å². The summed E-state index contributed by atoms with van der Waals surface area (Å²) < 4.78 is 5.13. The summed E-state index contributed by atoms with van der Waals surface area (Å²) in [5.41, 5.74) is 1.72. The monoisotopic (exact) mass is 342 g/mol. The predicted molar refractivity (Wildman–Crippen MR) is 94.8 cm³/mol. The first-order chi connectivity index (χ1) is 12.0. The number of ether oxygens (including phenoxy) is 1. The number of amides is 2. The van der Waals surface area contributed by atoms with Crippen LogP contribution >= 0.6 is 0 Å². The molecule has 1 aromatic heterocycles. The van der Waals surface area contributed by atoms with Crippen LogP contribution in [0.3, 0.4) is 0 Å². The standard InChI is InChI=1S/C18H22N4O3/c1-11(2)15-9-16(21-20-15)19-18(24)12-8-17(23)22(10-12)13-4-6-14(25-3)7-5-13/h4-7,9,11-12H,8,10H2,1-3H3,(H2,19,20,21,24). The van der Waals surface area contributed by atoms with Crippen LogP contribution in [0.2, 0.25) is 0 Å². The highest BCUT2D eigenvalue weighted by Crippen LogP contribution is 2.27. The zero-order valence-electron chi connectivity index (χ0n) is 14.6. The van der Waals surface area contributed by atoms with E-state index in [0.717, 1.165) is 17.1 Å². The molecule has 0 bridgehead atoms. The number of hydrogen-bond donors (Lipinski definition) is 2. The van der Waals surface area contributed by atoms with Gasteiger partial charge in [0.25, 0.3) is 0 Å². The number of nitrogens with zero attached hydrogens (tertiary/aromatic N) is 2. The average Bonchev–Trinajstić information content (AvgIpc) is 3.22. The lowest BCUT2D eigenvalue weighted by Crippen LogP contribution is -2.28. The molecule has 1 unspecified atom stereocenters. The van der Waals surface area contributed by atoms with Crippen LogP contribution in [0.25, 0.3) is 0 Å². The van der Waals surface area contributed by atoms with Crippen molar-refractivity contribution < 1.29 is 14.3 Å². The summed E-state index contributed by atoms with van der Waals surface area (Å²) in [6.07, 6.45) is 0.194. The zero-order valence-corrected chi connectivity index (χ0v) is 14.6. The Hall–Kier alpha value is -2.83. The number of carbonyl (C=O) groups excluding carboxylic acids is 2. The number of aromatic nitrogens is 2. The molecular weight excluding hydrogens is 320 g/mol. The molecule has 1 aliphatic heterocycles. The van der Waals surface area contributed by atoms with Crippen LogP contribution in [-0.2, 0) is 9.59 Å². The molecule has 7 nitrogen and oxygen atoms in total. The summed E-state index contributed by atoms with van der Waals surface area (Å²) in [4.78, 5) is 26.4. The van der Waals surface area contributed by atoms with Crippen LogP contribution in [0.4, 0.5) is 11.5 Å². The number of rotatable bonds is 5. The maximum Gasteiger partial charge on any atom is 0.231 e. The third-order valence-electron chi connectivity index (χ3n) is 4.35. The van der Waals surface area contributed by atoms with E-state index in [1.165, 1.54) is 0 Å². The Morgan fingerprint density at radius 2 is 2.08 bits per heavy atom. The van der Waals surface area contributed by atoms with Crippen LogP contribution in [-0.4, -0.2) is 35.7 Å². The van der Waals surface area contributed by atoms with Crippen molar-refractivity contribution in [3.8, 4) is 5.75 Å². The van der Waals surface area contributed by atoms with Gasteiger partial charge in [-0.3, -0.25) is 14.7 Å². The van der Waals surface area contributed by atoms with Crippen molar-refractivity contribution in [2.75, 3.05) is 23.9 Å². The molecule has 2 N–H and O–H groups in total. The molecule has 1 aromatic carbocycles. The first-order valence-corrected chi connectivity index (χ1v) is 8.28. The van der Waals surface area contributed by atoms with Crippen LogP contribution in [0.1, 0.15) is 31.9 Å². The highest BCUT2D eigenvalue weighted by Gasteiger charge is 2.35. The minimum absolute atomic E-state index is 0.0600. The van der Waals surface area contributed by atoms with Crippen molar-refractivity contribution in [3.63, 3.8) is 0 Å². The lowest BCUT2D eigenvalue weighted by molar-refractivity contribution is -0.122. The highest BCUT2D eigenvalue weighted by atomic mass is 16.5. The number of nitrogens with one attached hydrogen (secondary N) is 2. The van der Waals surface area contributed by atoms with Crippen molar-refractivity contribution in [2.45, 2.75) is 26.2 Å². The Morgan fingerprint density at radius 1 is 1.36 bits per heavy atom. The number of anilines is 2. The fourth-order valence-corrected chi connectivity index (χ4v) is 2.82. The van der Waals surface area contributed by atoms with Gasteiger partial charge in [0.15, 0.2) is 5.82 Å². The second kappa shape index (κ2) is 6.96. The number of benzene rings is 1. The SMILES string of the molecule is COc1ccc(N2CC(C(=O)Nc3cc(C(C)C)[nH]n3)CC2=O)cc1. The number of H-pyrrole nitrogens is 1. The molecule has 25 heavy (non-hydrogen) atoms. The second-order valence-corrected chi connectivity index (χ2v) is 6.46. The summed E-state index contributed by atoms with van der Waals surface area (Å²) >= 11 is 0. The summed E-state index contributed by atoms with van der Waals surface area (Å²) in [5, 5.41) is 9.79. The summed E-state index contributed by atoms with van der Waals surface area (Å²) in [6, 6.07) is 9.06. The van der Waals surface area contributed by atoms with E-state index < -0.39 is 5.92 Å². The van der Waals surface area contributed by atoms with E-state index in [0.29, 0.717) is 18.3 Å². The molecule has 1 saturated heterocycles. The molecule has 0 radical (unpaired) electrons. The Labute approximate surface area is 146 Å². The van der Waals surface area contributed by atoms with Crippen molar-refractivity contribution in [3.05, 3.63) is 36.0 Å². The van der Waals surface area contributed by atoms with Gasteiger partial charge in [0.2, 0.25) is 11.8 Å². The first kappa shape index (κ1) is 17.0. The summed E-state index contributed by atoms with van der Waals surface area (Å²) in [5.74, 6) is 0.875. The van der Waals surface area contributed by atoms with Gasteiger partial charge in [-0.2, -0.15) is 5.10 Å². The van der Waals surface area contributed by atoms with Gasteiger partial charge < -0.3 is 15.0 Å². The van der Waals surface area contributed by atoms with E-state index in [-0.39, 0.29) is 18.2 Å². The van der Waals surface area contributed by atoms with Gasteiger partial charge in [-0.1, -0.05) is 13.8 Å². The topological polar surface area (TPSA) is 87.3 Å². The number of aromatic amines is 1. The molecule has 2 aromatic rings. The minimum atomic E-state index is -0.395. The third kappa shape index (κ3) is 3.65.